The predicted octanol–water partition coefficient (Wildman–Crippen LogP) is 4.08. The highest BCUT2D eigenvalue weighted by molar-refractivity contribution is 7.18. The van der Waals surface area contributed by atoms with Gasteiger partial charge in [-0.3, -0.25) is 0 Å². The van der Waals surface area contributed by atoms with Crippen molar-refractivity contribution < 1.29 is 4.74 Å². The van der Waals surface area contributed by atoms with Crippen LogP contribution in [0, 0.1) is 6.92 Å². The van der Waals surface area contributed by atoms with E-state index in [1.54, 1.807) is 18.4 Å². The normalized spacial score (nSPS) is 10.8. The minimum Gasteiger partial charge on any atom is -0.494 e. The number of para-hydroxylation sites is 1. The molecule has 0 aliphatic rings. The fraction of sp³-hybridized carbons (Fsp3) is 0.125. The topological polar surface area (TPSA) is 22.1 Å². The summed E-state index contributed by atoms with van der Waals surface area (Å²) in [5.74, 6) is 0.836. The van der Waals surface area contributed by atoms with Crippen molar-refractivity contribution in [1.82, 2.24) is 4.98 Å². The Kier molecular flexibility index (Phi) is 3.22. The van der Waals surface area contributed by atoms with Gasteiger partial charge in [0.05, 0.1) is 16.8 Å². The molecule has 2 nitrogen and oxygen atoms in total. The maximum atomic E-state index is 5.35. The molecule has 1 radical (unpaired) electrons. The molecule has 0 unspecified atom stereocenters. The number of methoxy groups -OCH3 is 1. The summed E-state index contributed by atoms with van der Waals surface area (Å²) in [6, 6.07) is 14.2. The maximum absolute atomic E-state index is 5.35. The van der Waals surface area contributed by atoms with Gasteiger partial charge in [0.15, 0.2) is 0 Å². The van der Waals surface area contributed by atoms with Gasteiger partial charge in [-0.05, 0) is 30.2 Å². The third-order valence-electron chi connectivity index (χ3n) is 3.11. The second kappa shape index (κ2) is 5.02. The van der Waals surface area contributed by atoms with Crippen LogP contribution in [0.1, 0.15) is 16.1 Å². The third-order valence-corrected chi connectivity index (χ3v) is 4.13. The second-order valence-electron chi connectivity index (χ2n) is 4.36. The molecule has 0 bridgehead atoms. The average Bonchev–Trinajstić information content (AvgIpc) is 2.83. The van der Waals surface area contributed by atoms with Gasteiger partial charge in [0, 0.05) is 6.42 Å². The Morgan fingerprint density at radius 3 is 2.79 bits per heavy atom. The molecular formula is C16H14NOS. The van der Waals surface area contributed by atoms with Crippen molar-refractivity contribution in [3.8, 4) is 5.75 Å². The average molecular weight is 268 g/mol. The zero-order chi connectivity index (χ0) is 13.2. The molecule has 0 saturated carbocycles. The Labute approximate surface area is 116 Å². The van der Waals surface area contributed by atoms with Crippen molar-refractivity contribution in [2.75, 3.05) is 7.11 Å². The molecule has 0 amide bonds. The summed E-state index contributed by atoms with van der Waals surface area (Å²) < 4.78 is 6.51. The van der Waals surface area contributed by atoms with Crippen LogP contribution in [0.4, 0.5) is 0 Å². The van der Waals surface area contributed by atoms with Crippen LogP contribution in [-0.2, 0) is 6.42 Å². The summed E-state index contributed by atoms with van der Waals surface area (Å²) in [6.45, 7) is 4.06. The van der Waals surface area contributed by atoms with E-state index in [-0.39, 0.29) is 0 Å². The van der Waals surface area contributed by atoms with Crippen molar-refractivity contribution in [3.05, 3.63) is 65.5 Å². The number of benzene rings is 2. The molecule has 3 aromatic rings. The van der Waals surface area contributed by atoms with Gasteiger partial charge in [0.1, 0.15) is 11.3 Å². The molecule has 3 rings (SSSR count). The van der Waals surface area contributed by atoms with Gasteiger partial charge in [0.2, 0.25) is 0 Å². The van der Waals surface area contributed by atoms with Gasteiger partial charge in [-0.2, -0.15) is 0 Å². The first-order valence-corrected chi connectivity index (χ1v) is 6.92. The van der Waals surface area contributed by atoms with E-state index in [2.05, 4.69) is 24.0 Å². The molecule has 0 N–H and O–H groups in total. The van der Waals surface area contributed by atoms with Crippen LogP contribution in [0.25, 0.3) is 10.2 Å². The molecule has 0 aliphatic heterocycles. The van der Waals surface area contributed by atoms with E-state index >= 15 is 0 Å². The molecule has 95 valence electrons. The molecule has 3 heteroatoms. The monoisotopic (exact) mass is 268 g/mol. The Morgan fingerprint density at radius 2 is 2.00 bits per heavy atom. The van der Waals surface area contributed by atoms with Crippen molar-refractivity contribution in [2.24, 2.45) is 0 Å². The number of thiazole rings is 1. The van der Waals surface area contributed by atoms with E-state index in [1.165, 1.54) is 5.56 Å². The van der Waals surface area contributed by atoms with E-state index in [0.29, 0.717) is 0 Å². The first-order valence-electron chi connectivity index (χ1n) is 6.10. The molecule has 0 fully saturated rings. The summed E-state index contributed by atoms with van der Waals surface area (Å²) in [5, 5.41) is 1.09. The summed E-state index contributed by atoms with van der Waals surface area (Å²) in [6.07, 6.45) is 0.822. The Morgan fingerprint density at radius 1 is 1.16 bits per heavy atom. The predicted molar refractivity (Wildman–Crippen MR) is 79.9 cm³/mol. The zero-order valence-electron chi connectivity index (χ0n) is 10.7. The summed E-state index contributed by atoms with van der Waals surface area (Å²) >= 11 is 1.71. The highest BCUT2D eigenvalue weighted by Gasteiger charge is 2.09. The lowest BCUT2D eigenvalue weighted by Gasteiger charge is -2.01. The molecule has 1 heterocycles. The zero-order valence-corrected chi connectivity index (χ0v) is 11.5. The minimum absolute atomic E-state index is 0.822. The number of rotatable bonds is 3. The Balaban J connectivity index is 2.00. The highest BCUT2D eigenvalue weighted by Crippen LogP contribution is 2.30. The minimum atomic E-state index is 0.822. The van der Waals surface area contributed by atoms with Gasteiger partial charge < -0.3 is 4.74 Å². The fourth-order valence-corrected chi connectivity index (χ4v) is 3.11. The quantitative estimate of drug-likeness (QED) is 0.714. The van der Waals surface area contributed by atoms with Crippen molar-refractivity contribution in [3.63, 3.8) is 0 Å². The molecule has 1 aromatic heterocycles. The number of aromatic nitrogens is 1. The molecule has 2 aromatic carbocycles. The summed E-state index contributed by atoms with van der Waals surface area (Å²) in [4.78, 5) is 4.69. The van der Waals surface area contributed by atoms with E-state index in [1.807, 2.05) is 30.3 Å². The highest BCUT2D eigenvalue weighted by atomic mass is 32.1. The second-order valence-corrected chi connectivity index (χ2v) is 5.48. The SMILES string of the molecule is [CH2]c1ccccc1Cc1nc2c(OC)cccc2s1. The van der Waals surface area contributed by atoms with E-state index in [0.717, 1.165) is 33.0 Å². The van der Waals surface area contributed by atoms with Crippen LogP contribution in [0.3, 0.4) is 0 Å². The largest absolute Gasteiger partial charge is 0.494 e. The van der Waals surface area contributed by atoms with E-state index in [9.17, 15) is 0 Å². The van der Waals surface area contributed by atoms with Crippen LogP contribution in [0.2, 0.25) is 0 Å². The molecule has 0 spiro atoms. The van der Waals surface area contributed by atoms with Crippen LogP contribution < -0.4 is 4.74 Å². The fourth-order valence-electron chi connectivity index (χ4n) is 2.10. The maximum Gasteiger partial charge on any atom is 0.145 e. The van der Waals surface area contributed by atoms with Crippen molar-refractivity contribution in [1.29, 1.82) is 0 Å². The lowest BCUT2D eigenvalue weighted by atomic mass is 10.1. The summed E-state index contributed by atoms with van der Waals surface area (Å²) in [7, 11) is 1.68. The molecule has 0 aliphatic carbocycles. The Bertz CT molecular complexity index is 718. The smallest absolute Gasteiger partial charge is 0.145 e. The van der Waals surface area contributed by atoms with E-state index in [4.69, 9.17) is 4.74 Å². The van der Waals surface area contributed by atoms with Gasteiger partial charge in [-0.25, -0.2) is 4.98 Å². The number of fused-ring (bicyclic) bond motifs is 1. The van der Waals surface area contributed by atoms with Crippen molar-refractivity contribution >= 4 is 21.6 Å². The van der Waals surface area contributed by atoms with Gasteiger partial charge in [0.25, 0.3) is 0 Å². The first-order chi connectivity index (χ1) is 9.28. The molecular weight excluding hydrogens is 254 g/mol. The lowest BCUT2D eigenvalue weighted by Crippen LogP contribution is -1.90. The van der Waals surface area contributed by atoms with Gasteiger partial charge >= 0.3 is 0 Å². The van der Waals surface area contributed by atoms with Crippen LogP contribution in [-0.4, -0.2) is 12.1 Å². The number of ether oxygens (including phenoxy) is 1. The van der Waals surface area contributed by atoms with Crippen LogP contribution in [0.5, 0.6) is 5.75 Å². The lowest BCUT2D eigenvalue weighted by molar-refractivity contribution is 0.419. The van der Waals surface area contributed by atoms with Crippen LogP contribution >= 0.6 is 11.3 Å². The van der Waals surface area contributed by atoms with Crippen LogP contribution in [0.15, 0.2) is 42.5 Å². The van der Waals surface area contributed by atoms with Gasteiger partial charge in [-0.15, -0.1) is 11.3 Å². The Hall–Kier alpha value is -1.87. The standard InChI is InChI=1S/C16H14NOS/c1-11-6-3-4-7-12(11)10-15-17-16-13(18-2)8-5-9-14(16)19-15/h3-9H,1,10H2,2H3. The number of hydrogen-bond donors (Lipinski definition) is 0. The van der Waals surface area contributed by atoms with Crippen molar-refractivity contribution in [2.45, 2.75) is 6.42 Å². The van der Waals surface area contributed by atoms with E-state index < -0.39 is 0 Å². The summed E-state index contributed by atoms with van der Waals surface area (Å²) in [5.41, 5.74) is 3.24. The first kappa shape index (κ1) is 12.2. The third kappa shape index (κ3) is 2.34. The molecule has 0 saturated heterocycles. The number of hydrogen-bond acceptors (Lipinski definition) is 3. The molecule has 0 atom stereocenters. The molecule has 19 heavy (non-hydrogen) atoms. The number of nitrogens with zero attached hydrogens (tertiary/aromatic N) is 1. The van der Waals surface area contributed by atoms with Gasteiger partial charge in [-0.1, -0.05) is 30.3 Å².